The van der Waals surface area contributed by atoms with Crippen molar-refractivity contribution in [2.24, 2.45) is 16.6 Å². The van der Waals surface area contributed by atoms with Gasteiger partial charge in [0.25, 0.3) is 0 Å². The molecule has 96 valence electrons. The van der Waals surface area contributed by atoms with E-state index in [4.69, 9.17) is 5.73 Å². The van der Waals surface area contributed by atoms with Gasteiger partial charge < -0.3 is 11.1 Å². The Morgan fingerprint density at radius 1 is 1.38 bits per heavy atom. The molecular weight excluding hydrogens is 333 g/mol. The molecule has 1 heterocycles. The zero-order valence-electron chi connectivity index (χ0n) is 10.5. The Hall–Kier alpha value is 0.350. The Morgan fingerprint density at radius 2 is 1.94 bits per heavy atom. The molecule has 0 aromatic carbocycles. The van der Waals surface area contributed by atoms with Crippen LogP contribution < -0.4 is 11.1 Å². The molecule has 0 aromatic heterocycles. The summed E-state index contributed by atoms with van der Waals surface area (Å²) in [5.41, 5.74) is 5.82. The number of nitrogens with one attached hydrogen (secondary N) is 1. The van der Waals surface area contributed by atoms with Crippen molar-refractivity contribution in [1.82, 2.24) is 5.32 Å². The summed E-state index contributed by atoms with van der Waals surface area (Å²) in [6.07, 6.45) is 2.58. The van der Waals surface area contributed by atoms with E-state index < -0.39 is 0 Å². The minimum Gasteiger partial charge on any atom is -0.370 e. The molecule has 0 unspecified atom stereocenters. The second-order valence-corrected chi connectivity index (χ2v) is 6.38. The molecule has 1 aliphatic rings. The zero-order chi connectivity index (χ0) is 11.3. The summed E-state index contributed by atoms with van der Waals surface area (Å²) >= 11 is 2.05. The van der Waals surface area contributed by atoms with Crippen LogP contribution in [0.5, 0.6) is 0 Å². The number of nitrogens with zero attached hydrogens (tertiary/aromatic N) is 1. The molecule has 0 spiro atoms. The van der Waals surface area contributed by atoms with Gasteiger partial charge in [-0.2, -0.15) is 11.8 Å². The van der Waals surface area contributed by atoms with Crippen LogP contribution in [0.2, 0.25) is 0 Å². The van der Waals surface area contributed by atoms with E-state index in [-0.39, 0.29) is 29.5 Å². The first-order chi connectivity index (χ1) is 6.97. The van der Waals surface area contributed by atoms with Crippen LogP contribution >= 0.6 is 35.7 Å². The molecule has 3 N–H and O–H groups in total. The fourth-order valence-corrected chi connectivity index (χ4v) is 2.78. The normalized spacial score (nSPS) is 19.1. The van der Waals surface area contributed by atoms with Crippen molar-refractivity contribution in [2.75, 3.05) is 18.1 Å². The summed E-state index contributed by atoms with van der Waals surface area (Å²) in [6.45, 7) is 7.15. The summed E-state index contributed by atoms with van der Waals surface area (Å²) in [6, 6.07) is 0. The lowest BCUT2D eigenvalue weighted by Gasteiger charge is -2.23. The smallest absolute Gasteiger partial charge is 0.188 e. The number of hydrogen-bond acceptors (Lipinski definition) is 2. The second-order valence-electron chi connectivity index (χ2n) is 5.16. The first-order valence-corrected chi connectivity index (χ1v) is 6.79. The summed E-state index contributed by atoms with van der Waals surface area (Å²) in [5, 5.41) is 3.18. The molecule has 1 fully saturated rings. The molecule has 1 saturated heterocycles. The number of nitrogens with two attached hydrogens (primary N) is 1. The minimum atomic E-state index is 0. The van der Waals surface area contributed by atoms with E-state index in [0.29, 0.717) is 5.96 Å². The molecule has 0 aliphatic carbocycles. The van der Waals surface area contributed by atoms with Gasteiger partial charge in [0.1, 0.15) is 0 Å². The number of aliphatic imine (C=N–C) groups is 1. The Labute approximate surface area is 120 Å². The maximum absolute atomic E-state index is 5.81. The van der Waals surface area contributed by atoms with Gasteiger partial charge >= 0.3 is 0 Å². The molecule has 3 nitrogen and oxygen atoms in total. The third-order valence-corrected chi connectivity index (χ3v) is 3.41. The fraction of sp³-hybridized carbons (Fsp3) is 0.909. The van der Waals surface area contributed by atoms with E-state index in [1.54, 1.807) is 0 Å². The van der Waals surface area contributed by atoms with E-state index in [1.165, 1.54) is 24.3 Å². The Bertz CT molecular complexity index is 220. The van der Waals surface area contributed by atoms with Gasteiger partial charge in [0.2, 0.25) is 0 Å². The van der Waals surface area contributed by atoms with Crippen LogP contribution in [0, 0.1) is 5.92 Å². The molecule has 0 bridgehead atoms. The Balaban J connectivity index is 0.00000225. The molecule has 0 amide bonds. The van der Waals surface area contributed by atoms with Gasteiger partial charge in [-0.3, -0.25) is 4.99 Å². The largest absolute Gasteiger partial charge is 0.370 e. The van der Waals surface area contributed by atoms with E-state index in [1.807, 2.05) is 11.8 Å². The van der Waals surface area contributed by atoms with Crippen LogP contribution in [0.15, 0.2) is 4.99 Å². The van der Waals surface area contributed by atoms with Crippen LogP contribution in [0.4, 0.5) is 0 Å². The summed E-state index contributed by atoms with van der Waals surface area (Å²) < 4.78 is 0. The molecule has 0 radical (unpaired) electrons. The van der Waals surface area contributed by atoms with E-state index in [0.717, 1.165) is 12.5 Å². The standard InChI is InChI=1S/C11H23N3S.HI/c1-11(2,3)14-10(12)13-8-9-4-6-15-7-5-9;/h9H,4-8H2,1-3H3,(H3,12,13,14);1H. The number of thioether (sulfide) groups is 1. The quantitative estimate of drug-likeness (QED) is 0.454. The SMILES string of the molecule is CC(C)(C)NC(N)=NCC1CCSCC1.I. The zero-order valence-corrected chi connectivity index (χ0v) is 13.6. The Morgan fingerprint density at radius 3 is 2.44 bits per heavy atom. The summed E-state index contributed by atoms with van der Waals surface area (Å²) in [4.78, 5) is 4.41. The van der Waals surface area contributed by atoms with Crippen LogP contribution in [-0.2, 0) is 0 Å². The number of rotatable bonds is 2. The fourth-order valence-electron chi connectivity index (χ4n) is 1.58. The third-order valence-electron chi connectivity index (χ3n) is 2.36. The maximum Gasteiger partial charge on any atom is 0.188 e. The maximum atomic E-state index is 5.81. The second kappa shape index (κ2) is 7.63. The van der Waals surface area contributed by atoms with E-state index in [9.17, 15) is 0 Å². The minimum absolute atomic E-state index is 0. The van der Waals surface area contributed by atoms with Crippen molar-refractivity contribution in [3.05, 3.63) is 0 Å². The van der Waals surface area contributed by atoms with Crippen molar-refractivity contribution in [3.8, 4) is 0 Å². The van der Waals surface area contributed by atoms with Gasteiger partial charge in [0.15, 0.2) is 5.96 Å². The van der Waals surface area contributed by atoms with Gasteiger partial charge in [-0.15, -0.1) is 24.0 Å². The van der Waals surface area contributed by atoms with Crippen LogP contribution in [0.25, 0.3) is 0 Å². The van der Waals surface area contributed by atoms with Crippen LogP contribution in [-0.4, -0.2) is 29.5 Å². The lowest BCUT2D eigenvalue weighted by atomic mass is 10.0. The summed E-state index contributed by atoms with van der Waals surface area (Å²) in [7, 11) is 0. The highest BCUT2D eigenvalue weighted by atomic mass is 127. The molecular formula is C11H24IN3S. The van der Waals surface area contributed by atoms with Crippen molar-refractivity contribution in [3.63, 3.8) is 0 Å². The first-order valence-electron chi connectivity index (χ1n) is 5.63. The summed E-state index contributed by atoms with van der Waals surface area (Å²) in [5.74, 6) is 3.90. The van der Waals surface area contributed by atoms with E-state index in [2.05, 4.69) is 31.1 Å². The number of hydrogen-bond donors (Lipinski definition) is 2. The van der Waals surface area contributed by atoms with Crippen molar-refractivity contribution >= 4 is 41.7 Å². The molecule has 1 aliphatic heterocycles. The van der Waals surface area contributed by atoms with Gasteiger partial charge in [-0.05, 0) is 51.0 Å². The molecule has 0 saturated carbocycles. The van der Waals surface area contributed by atoms with E-state index >= 15 is 0 Å². The highest BCUT2D eigenvalue weighted by Crippen LogP contribution is 2.22. The van der Waals surface area contributed by atoms with Crippen LogP contribution in [0.3, 0.4) is 0 Å². The molecule has 16 heavy (non-hydrogen) atoms. The first kappa shape index (κ1) is 16.4. The average molecular weight is 357 g/mol. The lowest BCUT2D eigenvalue weighted by Crippen LogP contribution is -2.45. The van der Waals surface area contributed by atoms with Crippen molar-refractivity contribution in [1.29, 1.82) is 0 Å². The topological polar surface area (TPSA) is 50.4 Å². The van der Waals surface area contributed by atoms with Crippen LogP contribution in [0.1, 0.15) is 33.6 Å². The van der Waals surface area contributed by atoms with Crippen molar-refractivity contribution < 1.29 is 0 Å². The molecule has 1 rings (SSSR count). The van der Waals surface area contributed by atoms with Gasteiger partial charge in [-0.25, -0.2) is 0 Å². The number of guanidine groups is 1. The molecule has 0 aromatic rings. The highest BCUT2D eigenvalue weighted by Gasteiger charge is 2.14. The average Bonchev–Trinajstić information content (AvgIpc) is 2.14. The lowest BCUT2D eigenvalue weighted by molar-refractivity contribution is 0.489. The number of halogens is 1. The third kappa shape index (κ3) is 7.60. The van der Waals surface area contributed by atoms with Gasteiger partial charge in [0, 0.05) is 12.1 Å². The highest BCUT2D eigenvalue weighted by molar-refractivity contribution is 14.0. The van der Waals surface area contributed by atoms with Gasteiger partial charge in [-0.1, -0.05) is 0 Å². The Kier molecular flexibility index (Phi) is 7.80. The van der Waals surface area contributed by atoms with Gasteiger partial charge in [0.05, 0.1) is 0 Å². The predicted octanol–water partition coefficient (Wildman–Crippen LogP) is 2.45. The van der Waals surface area contributed by atoms with Crippen molar-refractivity contribution in [2.45, 2.75) is 39.2 Å². The monoisotopic (exact) mass is 357 g/mol. The predicted molar refractivity (Wildman–Crippen MR) is 84.8 cm³/mol. The molecule has 5 heteroatoms. The molecule has 0 atom stereocenters.